The molecule has 7 rings (SSSR count). The van der Waals surface area contributed by atoms with Crippen molar-refractivity contribution >= 4 is 5.65 Å². The molecule has 3 aliphatic rings. The van der Waals surface area contributed by atoms with Crippen LogP contribution in [0.1, 0.15) is 37.2 Å². The molecule has 4 aromatic rings. The molecule has 3 fully saturated rings. The van der Waals surface area contributed by atoms with E-state index in [2.05, 4.69) is 21.1 Å². The molecule has 0 spiro atoms. The maximum absolute atomic E-state index is 5.00. The topological polar surface area (TPSA) is 71.8 Å². The van der Waals surface area contributed by atoms with E-state index in [9.17, 15) is 0 Å². The predicted molar refractivity (Wildman–Crippen MR) is 107 cm³/mol. The summed E-state index contributed by atoms with van der Waals surface area (Å²) in [5, 5.41) is 4.27. The molecular weight excluding hydrogens is 348 g/mol. The van der Waals surface area contributed by atoms with Gasteiger partial charge in [-0.3, -0.25) is 4.98 Å². The Kier molecular flexibility index (Phi) is 3.27. The van der Waals surface area contributed by atoms with Crippen molar-refractivity contribution in [2.45, 2.75) is 39.0 Å². The van der Waals surface area contributed by atoms with Gasteiger partial charge in [-0.15, -0.1) is 0 Å². The quantitative estimate of drug-likeness (QED) is 0.571. The zero-order valence-corrected chi connectivity index (χ0v) is 15.9. The third-order valence-electron chi connectivity index (χ3n) is 6.50. The van der Waals surface area contributed by atoms with E-state index in [1.807, 2.05) is 37.4 Å². The zero-order chi connectivity index (χ0) is 18.7. The number of H-pyrrole nitrogens is 1. The van der Waals surface area contributed by atoms with Crippen LogP contribution in [0.5, 0.6) is 0 Å². The first kappa shape index (κ1) is 16.0. The molecule has 1 N–H and O–H groups in total. The molecule has 0 aliphatic heterocycles. The lowest BCUT2D eigenvalue weighted by molar-refractivity contribution is -0.111. The van der Waals surface area contributed by atoms with Crippen molar-refractivity contribution in [3.8, 4) is 22.6 Å². The second kappa shape index (κ2) is 5.74. The van der Waals surface area contributed by atoms with Gasteiger partial charge >= 0.3 is 0 Å². The highest BCUT2D eigenvalue weighted by Crippen LogP contribution is 2.66. The first-order chi connectivity index (χ1) is 13.7. The third-order valence-corrected chi connectivity index (χ3v) is 6.50. The first-order valence-electron chi connectivity index (χ1n) is 10.0. The SMILES string of the molecule is Cc1cccc(-c2[nH]c(CCC34CC(C3)C4)nc2-c2ccc3ncnn3c2)n1. The molecule has 0 aromatic carbocycles. The molecule has 0 atom stereocenters. The minimum atomic E-state index is 0.624. The van der Waals surface area contributed by atoms with Gasteiger partial charge in [0, 0.05) is 23.9 Å². The molecule has 3 saturated carbocycles. The van der Waals surface area contributed by atoms with Gasteiger partial charge < -0.3 is 4.98 Å². The number of hydrogen-bond donors (Lipinski definition) is 1. The highest BCUT2D eigenvalue weighted by Gasteiger charge is 2.55. The van der Waals surface area contributed by atoms with Gasteiger partial charge in [0.1, 0.15) is 12.2 Å². The maximum atomic E-state index is 5.00. The van der Waals surface area contributed by atoms with Crippen LogP contribution in [0.4, 0.5) is 0 Å². The summed E-state index contributed by atoms with van der Waals surface area (Å²) in [6, 6.07) is 10.1. The molecule has 6 nitrogen and oxygen atoms in total. The lowest BCUT2D eigenvalue weighted by Gasteiger charge is -2.62. The van der Waals surface area contributed by atoms with E-state index < -0.39 is 0 Å². The molecule has 3 aliphatic carbocycles. The predicted octanol–water partition coefficient (Wildman–Crippen LogP) is 4.22. The number of rotatable bonds is 5. The van der Waals surface area contributed by atoms with E-state index in [0.717, 1.165) is 52.1 Å². The van der Waals surface area contributed by atoms with Gasteiger partial charge in [-0.25, -0.2) is 14.5 Å². The Morgan fingerprint density at radius 2 is 2.04 bits per heavy atom. The van der Waals surface area contributed by atoms with Crippen LogP contribution in [-0.2, 0) is 6.42 Å². The molecule has 2 bridgehead atoms. The van der Waals surface area contributed by atoms with Crippen LogP contribution in [0.25, 0.3) is 28.3 Å². The van der Waals surface area contributed by atoms with Gasteiger partial charge in [-0.2, -0.15) is 5.10 Å². The highest BCUT2D eigenvalue weighted by atomic mass is 15.3. The van der Waals surface area contributed by atoms with Crippen molar-refractivity contribution in [1.82, 2.24) is 29.5 Å². The molecule has 0 amide bonds. The molecule has 0 unspecified atom stereocenters. The Balaban J connectivity index is 1.41. The van der Waals surface area contributed by atoms with Crippen molar-refractivity contribution in [3.05, 3.63) is 54.4 Å². The van der Waals surface area contributed by atoms with Crippen LogP contribution in [0.3, 0.4) is 0 Å². The van der Waals surface area contributed by atoms with E-state index in [1.54, 1.807) is 10.8 Å². The average molecular weight is 370 g/mol. The van der Waals surface area contributed by atoms with Crippen molar-refractivity contribution in [2.24, 2.45) is 11.3 Å². The van der Waals surface area contributed by atoms with E-state index in [1.165, 1.54) is 25.7 Å². The molecule has 4 heterocycles. The number of aromatic nitrogens is 6. The minimum absolute atomic E-state index is 0.624. The Bertz CT molecular complexity index is 1170. The monoisotopic (exact) mass is 370 g/mol. The van der Waals surface area contributed by atoms with Gasteiger partial charge in [-0.05, 0) is 68.2 Å². The highest BCUT2D eigenvalue weighted by molar-refractivity contribution is 5.77. The molecule has 4 aromatic heterocycles. The third kappa shape index (κ3) is 2.47. The van der Waals surface area contributed by atoms with Crippen molar-refractivity contribution < 1.29 is 0 Å². The van der Waals surface area contributed by atoms with Crippen LogP contribution in [0, 0.1) is 18.3 Å². The number of nitrogens with zero attached hydrogens (tertiary/aromatic N) is 5. The first-order valence-corrected chi connectivity index (χ1v) is 10.0. The van der Waals surface area contributed by atoms with Crippen LogP contribution >= 0.6 is 0 Å². The van der Waals surface area contributed by atoms with Gasteiger partial charge in [-0.1, -0.05) is 6.07 Å². The summed E-state index contributed by atoms with van der Waals surface area (Å²) in [6.45, 7) is 2.02. The normalized spacial score (nSPS) is 22.8. The smallest absolute Gasteiger partial charge is 0.155 e. The summed E-state index contributed by atoms with van der Waals surface area (Å²) in [4.78, 5) is 17.6. The molecular formula is C22H22N6. The summed E-state index contributed by atoms with van der Waals surface area (Å²) in [5.41, 5.74) is 6.32. The number of aryl methyl sites for hydroxylation is 2. The van der Waals surface area contributed by atoms with E-state index in [0.29, 0.717) is 5.41 Å². The number of pyridine rings is 2. The van der Waals surface area contributed by atoms with E-state index >= 15 is 0 Å². The second-order valence-electron chi connectivity index (χ2n) is 8.53. The van der Waals surface area contributed by atoms with Crippen LogP contribution in [0.15, 0.2) is 42.9 Å². The molecule has 6 heteroatoms. The molecule has 140 valence electrons. The minimum Gasteiger partial charge on any atom is -0.340 e. The fourth-order valence-electron chi connectivity index (χ4n) is 4.92. The standard InChI is InChI=1S/C22H22N6/c1-14-3-2-4-17(25-14)21-20(16-5-6-19-23-13-24-28(19)12-16)26-18(27-21)7-8-22-9-15(10-22)11-22/h2-6,12-13,15H,7-11H2,1H3,(H,26,27). The van der Waals surface area contributed by atoms with Crippen LogP contribution in [0.2, 0.25) is 0 Å². The molecule has 28 heavy (non-hydrogen) atoms. The van der Waals surface area contributed by atoms with Gasteiger partial charge in [0.25, 0.3) is 0 Å². The van der Waals surface area contributed by atoms with Crippen molar-refractivity contribution in [1.29, 1.82) is 0 Å². The van der Waals surface area contributed by atoms with Crippen molar-refractivity contribution in [2.75, 3.05) is 0 Å². The summed E-state index contributed by atoms with van der Waals surface area (Å²) < 4.78 is 1.79. The van der Waals surface area contributed by atoms with E-state index in [4.69, 9.17) is 9.97 Å². The van der Waals surface area contributed by atoms with Crippen LogP contribution in [-0.4, -0.2) is 29.5 Å². The average Bonchev–Trinajstić information content (AvgIpc) is 3.25. The van der Waals surface area contributed by atoms with Gasteiger partial charge in [0.15, 0.2) is 5.65 Å². The largest absolute Gasteiger partial charge is 0.340 e. The lowest BCUT2D eigenvalue weighted by Crippen LogP contribution is -2.51. The van der Waals surface area contributed by atoms with Crippen molar-refractivity contribution in [3.63, 3.8) is 0 Å². The number of aromatic amines is 1. The Hall–Kier alpha value is -3.02. The Morgan fingerprint density at radius 1 is 1.14 bits per heavy atom. The molecule has 0 saturated heterocycles. The maximum Gasteiger partial charge on any atom is 0.155 e. The summed E-state index contributed by atoms with van der Waals surface area (Å²) in [7, 11) is 0. The Morgan fingerprint density at radius 3 is 2.82 bits per heavy atom. The summed E-state index contributed by atoms with van der Waals surface area (Å²) in [6.07, 6.45) is 10.1. The fraction of sp³-hybridized carbons (Fsp3) is 0.364. The number of fused-ring (bicyclic) bond motifs is 1. The lowest BCUT2D eigenvalue weighted by atomic mass is 9.43. The Labute approximate surface area is 163 Å². The number of nitrogens with one attached hydrogen (secondary N) is 1. The van der Waals surface area contributed by atoms with Gasteiger partial charge in [0.05, 0.1) is 17.1 Å². The van der Waals surface area contributed by atoms with Crippen LogP contribution < -0.4 is 0 Å². The van der Waals surface area contributed by atoms with Gasteiger partial charge in [0.2, 0.25) is 0 Å². The fourth-order valence-corrected chi connectivity index (χ4v) is 4.92. The summed E-state index contributed by atoms with van der Waals surface area (Å²) in [5.74, 6) is 2.07. The number of hydrogen-bond acceptors (Lipinski definition) is 4. The second-order valence-corrected chi connectivity index (χ2v) is 8.53. The zero-order valence-electron chi connectivity index (χ0n) is 15.9. The van der Waals surface area contributed by atoms with E-state index in [-0.39, 0.29) is 0 Å². The number of imidazole rings is 1. The summed E-state index contributed by atoms with van der Waals surface area (Å²) >= 11 is 0. The molecule has 0 radical (unpaired) electrons.